The third kappa shape index (κ3) is 4.09. The molecule has 0 unspecified atom stereocenters. The van der Waals surface area contributed by atoms with E-state index in [1.54, 1.807) is 0 Å². The number of hydrogen-bond acceptors (Lipinski definition) is 3. The van der Waals surface area contributed by atoms with Crippen molar-refractivity contribution in [2.75, 3.05) is 0 Å². The van der Waals surface area contributed by atoms with Gasteiger partial charge >= 0.3 is 0 Å². The first-order valence-corrected chi connectivity index (χ1v) is 12.2. The van der Waals surface area contributed by atoms with E-state index in [1.807, 2.05) is 54.7 Å². The molecule has 34 heavy (non-hydrogen) atoms. The summed E-state index contributed by atoms with van der Waals surface area (Å²) in [4.78, 5) is 12.8. The zero-order valence-electron chi connectivity index (χ0n) is 18.6. The molecule has 1 N–H and O–H groups in total. The average molecular weight is 461 g/mol. The highest BCUT2D eigenvalue weighted by Crippen LogP contribution is 2.45. The van der Waals surface area contributed by atoms with Crippen LogP contribution in [0.4, 0.5) is 0 Å². The lowest BCUT2D eigenvalue weighted by Gasteiger charge is -2.36. The molecule has 0 saturated heterocycles. The minimum atomic E-state index is -0.605. The summed E-state index contributed by atoms with van der Waals surface area (Å²) in [5.74, 6) is 0.522. The van der Waals surface area contributed by atoms with Gasteiger partial charge in [0.2, 0.25) is 5.12 Å². The van der Waals surface area contributed by atoms with Crippen LogP contribution < -0.4 is 0 Å². The second kappa shape index (κ2) is 9.94. The zero-order valence-corrected chi connectivity index (χ0v) is 19.4. The molecule has 0 spiro atoms. The first-order valence-electron chi connectivity index (χ1n) is 11.2. The summed E-state index contributed by atoms with van der Waals surface area (Å²) in [6, 6.07) is 40.9. The van der Waals surface area contributed by atoms with Crippen molar-refractivity contribution in [2.24, 2.45) is 0 Å². The largest absolute Gasteiger partial charge is 0.282 e. The Morgan fingerprint density at radius 1 is 0.676 bits per heavy atom. The Labute approximate surface area is 203 Å². The topological polar surface area (TPSA) is 45.8 Å². The van der Waals surface area contributed by atoms with Crippen molar-refractivity contribution >= 4 is 16.9 Å². The number of H-pyrrole nitrogens is 1. The molecular weight excluding hydrogens is 436 g/mol. The van der Waals surface area contributed by atoms with E-state index < -0.39 is 5.41 Å². The summed E-state index contributed by atoms with van der Waals surface area (Å²) < 4.78 is 0. The van der Waals surface area contributed by atoms with Crippen LogP contribution in [0.3, 0.4) is 0 Å². The zero-order chi connectivity index (χ0) is 23.2. The van der Waals surface area contributed by atoms with E-state index in [9.17, 15) is 4.79 Å². The second-order valence-corrected chi connectivity index (χ2v) is 9.01. The Bertz CT molecular complexity index is 1250. The Hall–Kier alpha value is -3.89. The van der Waals surface area contributed by atoms with E-state index in [-0.39, 0.29) is 5.12 Å². The van der Waals surface area contributed by atoms with Gasteiger partial charge in [-0.15, -0.1) is 0 Å². The van der Waals surface area contributed by atoms with Crippen molar-refractivity contribution in [2.45, 2.75) is 11.2 Å². The van der Waals surface area contributed by atoms with Gasteiger partial charge in [0.1, 0.15) is 0 Å². The summed E-state index contributed by atoms with van der Waals surface area (Å²) in [5, 5.41) is 7.85. The van der Waals surface area contributed by atoms with Gasteiger partial charge in [-0.25, -0.2) is 0 Å². The molecule has 0 radical (unpaired) electrons. The maximum absolute atomic E-state index is 12.8. The molecule has 5 rings (SSSR count). The maximum atomic E-state index is 12.8. The molecule has 4 heteroatoms. The molecule has 3 nitrogen and oxygen atoms in total. The number of carbonyl (C=O) groups excluding carboxylic acids is 1. The van der Waals surface area contributed by atoms with Crippen LogP contribution in [0.2, 0.25) is 0 Å². The van der Waals surface area contributed by atoms with Gasteiger partial charge in [0.05, 0.1) is 17.3 Å². The molecule has 0 fully saturated rings. The van der Waals surface area contributed by atoms with Crippen LogP contribution in [-0.2, 0) is 11.2 Å². The molecule has 166 valence electrons. The third-order valence-corrected chi connectivity index (χ3v) is 7.03. The van der Waals surface area contributed by atoms with Gasteiger partial charge in [-0.2, -0.15) is 5.10 Å². The molecular formula is C30H24N2OS. The molecule has 0 amide bonds. The lowest BCUT2D eigenvalue weighted by atomic mass is 9.66. The SMILES string of the molecule is O=C(SCc1cn[nH]c1C(c1ccccc1)(c1ccccc1)c1ccccc1)c1ccccc1. The quantitative estimate of drug-likeness (QED) is 0.270. The minimum absolute atomic E-state index is 0.0532. The first-order chi connectivity index (χ1) is 16.8. The summed E-state index contributed by atoms with van der Waals surface area (Å²) in [7, 11) is 0. The van der Waals surface area contributed by atoms with E-state index in [4.69, 9.17) is 0 Å². The number of thioether (sulfide) groups is 1. The second-order valence-electron chi connectivity index (χ2n) is 8.06. The average Bonchev–Trinajstić information content (AvgIpc) is 3.39. The fourth-order valence-electron chi connectivity index (χ4n) is 4.54. The van der Waals surface area contributed by atoms with Crippen LogP contribution >= 0.6 is 11.8 Å². The van der Waals surface area contributed by atoms with Crippen molar-refractivity contribution < 1.29 is 4.79 Å². The minimum Gasteiger partial charge on any atom is -0.282 e. The summed E-state index contributed by atoms with van der Waals surface area (Å²) in [5.41, 5.74) is 5.49. The Balaban J connectivity index is 1.66. The molecule has 1 aromatic heterocycles. The van der Waals surface area contributed by atoms with Crippen molar-refractivity contribution in [3.8, 4) is 0 Å². The van der Waals surface area contributed by atoms with Crippen LogP contribution in [0.15, 0.2) is 128 Å². The van der Waals surface area contributed by atoms with Crippen molar-refractivity contribution in [3.63, 3.8) is 0 Å². The highest BCUT2D eigenvalue weighted by Gasteiger charge is 2.41. The molecule has 4 aromatic carbocycles. The predicted molar refractivity (Wildman–Crippen MR) is 139 cm³/mol. The van der Waals surface area contributed by atoms with Gasteiger partial charge in [-0.05, 0) is 16.7 Å². The number of benzene rings is 4. The molecule has 0 aliphatic rings. The number of aromatic nitrogens is 2. The Kier molecular flexibility index (Phi) is 6.41. The van der Waals surface area contributed by atoms with Crippen LogP contribution in [0.5, 0.6) is 0 Å². The van der Waals surface area contributed by atoms with Gasteiger partial charge in [0, 0.05) is 16.9 Å². The van der Waals surface area contributed by atoms with Crippen molar-refractivity contribution in [1.82, 2.24) is 10.2 Å². The van der Waals surface area contributed by atoms with Crippen LogP contribution in [0.1, 0.15) is 38.3 Å². The molecule has 0 bridgehead atoms. The van der Waals surface area contributed by atoms with E-state index in [1.165, 1.54) is 11.8 Å². The lowest BCUT2D eigenvalue weighted by Crippen LogP contribution is -2.32. The van der Waals surface area contributed by atoms with Crippen molar-refractivity contribution in [1.29, 1.82) is 0 Å². The van der Waals surface area contributed by atoms with Crippen LogP contribution in [-0.4, -0.2) is 15.3 Å². The fourth-order valence-corrected chi connectivity index (χ4v) is 5.35. The number of aromatic amines is 1. The van der Waals surface area contributed by atoms with Gasteiger partial charge < -0.3 is 0 Å². The molecule has 1 heterocycles. The number of rotatable bonds is 7. The number of nitrogens with zero attached hydrogens (tertiary/aromatic N) is 1. The Morgan fingerprint density at radius 2 is 1.12 bits per heavy atom. The number of nitrogens with one attached hydrogen (secondary N) is 1. The predicted octanol–water partition coefficient (Wildman–Crippen LogP) is 6.87. The standard InChI is InChI=1S/C30H24N2OS/c33-29(23-13-5-1-6-14-23)34-22-24-21-31-32-28(24)30(25-15-7-2-8-16-25,26-17-9-3-10-18-26)27-19-11-4-12-20-27/h1-21H,22H2,(H,31,32). The maximum Gasteiger partial charge on any atom is 0.219 e. The summed E-state index contributed by atoms with van der Waals surface area (Å²) in [6.07, 6.45) is 1.85. The van der Waals surface area contributed by atoms with Crippen LogP contribution in [0, 0.1) is 0 Å². The van der Waals surface area contributed by atoms with E-state index >= 15 is 0 Å². The van der Waals surface area contributed by atoms with Gasteiger partial charge in [0.15, 0.2) is 0 Å². The number of carbonyl (C=O) groups is 1. The summed E-state index contributed by atoms with van der Waals surface area (Å²) >= 11 is 1.30. The normalized spacial score (nSPS) is 11.3. The number of hydrogen-bond donors (Lipinski definition) is 1. The van der Waals surface area contributed by atoms with Crippen LogP contribution in [0.25, 0.3) is 0 Å². The lowest BCUT2D eigenvalue weighted by molar-refractivity contribution is 0.108. The monoisotopic (exact) mass is 460 g/mol. The fraction of sp³-hybridized carbons (Fsp3) is 0.0667. The van der Waals surface area contributed by atoms with E-state index in [2.05, 4.69) is 83.0 Å². The first kappa shape index (κ1) is 21.9. The third-order valence-electron chi connectivity index (χ3n) is 6.08. The highest BCUT2D eigenvalue weighted by atomic mass is 32.2. The molecule has 0 saturated carbocycles. The molecule has 0 aliphatic heterocycles. The van der Waals surface area contributed by atoms with Crippen molar-refractivity contribution in [3.05, 3.63) is 161 Å². The van der Waals surface area contributed by atoms with Gasteiger partial charge in [-0.3, -0.25) is 9.89 Å². The van der Waals surface area contributed by atoms with E-state index in [0.717, 1.165) is 27.9 Å². The smallest absolute Gasteiger partial charge is 0.219 e. The highest BCUT2D eigenvalue weighted by molar-refractivity contribution is 8.13. The Morgan fingerprint density at radius 3 is 1.59 bits per heavy atom. The van der Waals surface area contributed by atoms with E-state index in [0.29, 0.717) is 11.3 Å². The molecule has 0 atom stereocenters. The van der Waals surface area contributed by atoms with Gasteiger partial charge in [-0.1, -0.05) is 133 Å². The van der Waals surface area contributed by atoms with Gasteiger partial charge in [0.25, 0.3) is 0 Å². The summed E-state index contributed by atoms with van der Waals surface area (Å²) in [6.45, 7) is 0. The molecule has 0 aliphatic carbocycles. The molecule has 5 aromatic rings.